The van der Waals surface area contributed by atoms with E-state index in [0.717, 1.165) is 43.5 Å². The molecule has 2 saturated heterocycles. The van der Waals surface area contributed by atoms with Crippen LogP contribution in [0.5, 0.6) is 0 Å². The van der Waals surface area contributed by atoms with Crippen molar-refractivity contribution in [3.63, 3.8) is 0 Å². The minimum absolute atomic E-state index is 0.398. The van der Waals surface area contributed by atoms with Gasteiger partial charge in [0.05, 0.1) is 11.0 Å². The van der Waals surface area contributed by atoms with Crippen molar-refractivity contribution in [3.05, 3.63) is 42.9 Å². The molecule has 0 N–H and O–H groups in total. The molecule has 0 amide bonds. The second kappa shape index (κ2) is 5.97. The molecule has 134 valence electrons. The molecule has 0 radical (unpaired) electrons. The smallest absolute Gasteiger partial charge is 0.206 e. The largest absolute Gasteiger partial charge is 0.356 e. The number of benzene rings is 1. The van der Waals surface area contributed by atoms with Gasteiger partial charge in [-0.25, -0.2) is 15.0 Å². The third kappa shape index (κ3) is 2.43. The zero-order chi connectivity index (χ0) is 17.7. The monoisotopic (exact) mass is 348 g/mol. The standard InChI is InChI=1S/C20H24N6/c1-14(2)26-18-6-4-3-5-17(18)23-20(26)25-11-15-9-24(10-16(15)12-25)19-7-8-21-13-22-19/h3-8,13-16H,9-12H2,1-2H3. The first-order chi connectivity index (χ1) is 12.7. The Balaban J connectivity index is 1.40. The number of para-hydroxylation sites is 2. The third-order valence-electron chi connectivity index (χ3n) is 5.75. The second-order valence-electron chi connectivity index (χ2n) is 7.76. The molecule has 2 atom stereocenters. The SMILES string of the molecule is CC(C)n1c(N2CC3CN(c4ccncn4)CC3C2)nc2ccccc21. The van der Waals surface area contributed by atoms with Gasteiger partial charge in [0, 0.05) is 50.3 Å². The molecule has 0 spiro atoms. The first-order valence-electron chi connectivity index (χ1n) is 9.43. The Morgan fingerprint density at radius 1 is 0.962 bits per heavy atom. The van der Waals surface area contributed by atoms with Crippen molar-refractivity contribution in [2.75, 3.05) is 36.0 Å². The van der Waals surface area contributed by atoms with E-state index in [1.54, 1.807) is 6.33 Å². The predicted octanol–water partition coefficient (Wildman–Crippen LogP) is 2.98. The lowest BCUT2D eigenvalue weighted by molar-refractivity contribution is 0.533. The van der Waals surface area contributed by atoms with Gasteiger partial charge in [-0.15, -0.1) is 0 Å². The molecule has 4 heterocycles. The molecule has 2 unspecified atom stereocenters. The van der Waals surface area contributed by atoms with Crippen LogP contribution in [0.3, 0.4) is 0 Å². The number of hydrogen-bond donors (Lipinski definition) is 0. The average molecular weight is 348 g/mol. The number of fused-ring (bicyclic) bond motifs is 2. The van der Waals surface area contributed by atoms with Gasteiger partial charge in [-0.1, -0.05) is 12.1 Å². The van der Waals surface area contributed by atoms with Gasteiger partial charge in [-0.2, -0.15) is 0 Å². The van der Waals surface area contributed by atoms with Crippen LogP contribution in [0.1, 0.15) is 19.9 Å². The summed E-state index contributed by atoms with van der Waals surface area (Å²) >= 11 is 0. The highest BCUT2D eigenvalue weighted by atomic mass is 15.4. The predicted molar refractivity (Wildman–Crippen MR) is 104 cm³/mol. The third-order valence-corrected chi connectivity index (χ3v) is 5.75. The highest BCUT2D eigenvalue weighted by molar-refractivity contribution is 5.79. The molecular weight excluding hydrogens is 324 g/mol. The number of anilines is 2. The number of rotatable bonds is 3. The molecule has 26 heavy (non-hydrogen) atoms. The number of aromatic nitrogens is 4. The van der Waals surface area contributed by atoms with Gasteiger partial charge in [-0.05, 0) is 32.0 Å². The topological polar surface area (TPSA) is 50.1 Å². The molecule has 3 aromatic rings. The Bertz CT molecular complexity index is 904. The first kappa shape index (κ1) is 15.6. The van der Waals surface area contributed by atoms with Crippen molar-refractivity contribution in [2.45, 2.75) is 19.9 Å². The molecule has 1 aromatic carbocycles. The molecule has 6 nitrogen and oxygen atoms in total. The Hall–Kier alpha value is -2.63. The van der Waals surface area contributed by atoms with Crippen molar-refractivity contribution >= 4 is 22.8 Å². The van der Waals surface area contributed by atoms with Crippen molar-refractivity contribution in [1.29, 1.82) is 0 Å². The molecule has 2 aliphatic heterocycles. The molecule has 2 fully saturated rings. The van der Waals surface area contributed by atoms with Crippen LogP contribution in [0, 0.1) is 11.8 Å². The van der Waals surface area contributed by atoms with E-state index in [1.807, 2.05) is 12.3 Å². The van der Waals surface area contributed by atoms with Crippen LogP contribution in [-0.2, 0) is 0 Å². The molecule has 5 rings (SSSR count). The fourth-order valence-electron chi connectivity index (χ4n) is 4.58. The van der Waals surface area contributed by atoms with Gasteiger partial charge in [0.2, 0.25) is 5.95 Å². The zero-order valence-electron chi connectivity index (χ0n) is 15.3. The van der Waals surface area contributed by atoms with Crippen LogP contribution in [-0.4, -0.2) is 45.7 Å². The van der Waals surface area contributed by atoms with Gasteiger partial charge < -0.3 is 14.4 Å². The maximum absolute atomic E-state index is 4.98. The maximum Gasteiger partial charge on any atom is 0.206 e. The van der Waals surface area contributed by atoms with Crippen molar-refractivity contribution in [1.82, 2.24) is 19.5 Å². The summed E-state index contributed by atoms with van der Waals surface area (Å²) in [6.07, 6.45) is 3.47. The molecule has 2 aromatic heterocycles. The maximum atomic E-state index is 4.98. The molecule has 2 aliphatic rings. The summed E-state index contributed by atoms with van der Waals surface area (Å²) in [4.78, 5) is 18.3. The summed E-state index contributed by atoms with van der Waals surface area (Å²) < 4.78 is 2.39. The van der Waals surface area contributed by atoms with E-state index >= 15 is 0 Å². The van der Waals surface area contributed by atoms with Crippen molar-refractivity contribution < 1.29 is 0 Å². The summed E-state index contributed by atoms with van der Waals surface area (Å²) in [5.41, 5.74) is 2.33. The number of imidazole rings is 1. The first-order valence-corrected chi connectivity index (χ1v) is 9.43. The molecule has 6 heteroatoms. The summed E-state index contributed by atoms with van der Waals surface area (Å²) in [7, 11) is 0. The number of hydrogen-bond acceptors (Lipinski definition) is 5. The summed E-state index contributed by atoms with van der Waals surface area (Å²) in [6.45, 7) is 8.77. The highest BCUT2D eigenvalue weighted by Gasteiger charge is 2.41. The van der Waals surface area contributed by atoms with Gasteiger partial charge in [0.15, 0.2) is 0 Å². The fourth-order valence-corrected chi connectivity index (χ4v) is 4.58. The van der Waals surface area contributed by atoms with Gasteiger partial charge in [0.25, 0.3) is 0 Å². The van der Waals surface area contributed by atoms with E-state index in [2.05, 4.69) is 62.4 Å². The Labute approximate surface area is 153 Å². The van der Waals surface area contributed by atoms with Gasteiger partial charge in [0.1, 0.15) is 12.1 Å². The van der Waals surface area contributed by atoms with Crippen molar-refractivity contribution in [2.24, 2.45) is 11.8 Å². The lowest BCUT2D eigenvalue weighted by Gasteiger charge is -2.24. The Kier molecular flexibility index (Phi) is 3.58. The van der Waals surface area contributed by atoms with E-state index in [9.17, 15) is 0 Å². The molecule has 0 aliphatic carbocycles. The minimum atomic E-state index is 0.398. The van der Waals surface area contributed by atoms with Crippen LogP contribution in [0.4, 0.5) is 11.8 Å². The van der Waals surface area contributed by atoms with Crippen LogP contribution >= 0.6 is 0 Å². The highest BCUT2D eigenvalue weighted by Crippen LogP contribution is 2.37. The lowest BCUT2D eigenvalue weighted by atomic mass is 10.0. The normalized spacial score (nSPS) is 22.6. The van der Waals surface area contributed by atoms with Crippen LogP contribution in [0.2, 0.25) is 0 Å². The fraction of sp³-hybridized carbons (Fsp3) is 0.450. The average Bonchev–Trinajstić information content (AvgIpc) is 3.32. The Morgan fingerprint density at radius 3 is 2.38 bits per heavy atom. The van der Waals surface area contributed by atoms with Gasteiger partial charge in [-0.3, -0.25) is 0 Å². The summed E-state index contributed by atoms with van der Waals surface area (Å²) in [5.74, 6) is 3.52. The molecule has 0 saturated carbocycles. The van der Waals surface area contributed by atoms with E-state index in [-0.39, 0.29) is 0 Å². The van der Waals surface area contributed by atoms with E-state index in [1.165, 1.54) is 5.52 Å². The van der Waals surface area contributed by atoms with Crippen LogP contribution < -0.4 is 9.80 Å². The molecular formula is C20H24N6. The summed E-state index contributed by atoms with van der Waals surface area (Å²) in [5, 5.41) is 0. The minimum Gasteiger partial charge on any atom is -0.356 e. The van der Waals surface area contributed by atoms with Gasteiger partial charge >= 0.3 is 0 Å². The van der Waals surface area contributed by atoms with E-state index in [4.69, 9.17) is 4.98 Å². The molecule has 0 bridgehead atoms. The van der Waals surface area contributed by atoms with Crippen LogP contribution in [0.25, 0.3) is 11.0 Å². The zero-order valence-corrected chi connectivity index (χ0v) is 15.3. The van der Waals surface area contributed by atoms with Crippen LogP contribution in [0.15, 0.2) is 42.9 Å². The quantitative estimate of drug-likeness (QED) is 0.728. The number of nitrogens with zero attached hydrogens (tertiary/aromatic N) is 6. The van der Waals surface area contributed by atoms with E-state index in [0.29, 0.717) is 17.9 Å². The summed E-state index contributed by atoms with van der Waals surface area (Å²) in [6, 6.07) is 10.9. The van der Waals surface area contributed by atoms with Crippen molar-refractivity contribution in [3.8, 4) is 0 Å². The second-order valence-corrected chi connectivity index (χ2v) is 7.76. The van der Waals surface area contributed by atoms with E-state index < -0.39 is 0 Å². The lowest BCUT2D eigenvalue weighted by Crippen LogP contribution is -2.31. The Morgan fingerprint density at radius 2 is 1.69 bits per heavy atom.